The highest BCUT2D eigenvalue weighted by Gasteiger charge is 2.49. The predicted octanol–water partition coefficient (Wildman–Crippen LogP) is 2.24. The first-order chi connectivity index (χ1) is 9.08. The molecular weight excluding hydrogens is 240 g/mol. The standard InChI is InChI=1S/C15H16N2O2/c1-9-6-7-11-12(8-9)15(19)17(14(11)18)13-5-3-4-10(2)16-13/h3-6,11-12H,7-8H2,1-2H3. The number of anilines is 1. The lowest BCUT2D eigenvalue weighted by atomic mass is 9.82. The van der Waals surface area contributed by atoms with Gasteiger partial charge in [0.2, 0.25) is 11.8 Å². The summed E-state index contributed by atoms with van der Waals surface area (Å²) in [5.74, 6) is -0.127. The van der Waals surface area contributed by atoms with Crippen LogP contribution in [0.2, 0.25) is 0 Å². The number of pyridine rings is 1. The van der Waals surface area contributed by atoms with Crippen LogP contribution >= 0.6 is 0 Å². The highest BCUT2D eigenvalue weighted by atomic mass is 16.2. The molecule has 0 radical (unpaired) electrons. The minimum Gasteiger partial charge on any atom is -0.274 e. The number of fused-ring (bicyclic) bond motifs is 1. The lowest BCUT2D eigenvalue weighted by Gasteiger charge is -2.18. The molecule has 4 heteroatoms. The van der Waals surface area contributed by atoms with Gasteiger partial charge in [0.15, 0.2) is 0 Å². The van der Waals surface area contributed by atoms with Gasteiger partial charge >= 0.3 is 0 Å². The van der Waals surface area contributed by atoms with Crippen LogP contribution in [0.5, 0.6) is 0 Å². The van der Waals surface area contributed by atoms with E-state index >= 15 is 0 Å². The number of amides is 2. The second-order valence-corrected chi connectivity index (χ2v) is 5.35. The Hall–Kier alpha value is -1.97. The number of imide groups is 1. The van der Waals surface area contributed by atoms with Crippen molar-refractivity contribution in [3.8, 4) is 0 Å². The number of carbonyl (C=O) groups is 2. The molecule has 0 bridgehead atoms. The van der Waals surface area contributed by atoms with Crippen LogP contribution in [-0.2, 0) is 9.59 Å². The molecule has 2 amide bonds. The first-order valence-electron chi connectivity index (χ1n) is 6.55. The molecule has 0 aromatic carbocycles. The zero-order chi connectivity index (χ0) is 13.6. The average Bonchev–Trinajstić information content (AvgIpc) is 2.61. The third-order valence-corrected chi connectivity index (χ3v) is 3.93. The molecule has 2 atom stereocenters. The van der Waals surface area contributed by atoms with E-state index in [2.05, 4.69) is 11.1 Å². The Morgan fingerprint density at radius 2 is 1.89 bits per heavy atom. The van der Waals surface area contributed by atoms with Crippen molar-refractivity contribution in [2.45, 2.75) is 26.7 Å². The minimum absolute atomic E-state index is 0.0967. The SMILES string of the molecule is CC1=CCC2C(=O)N(c3cccc(C)n3)C(=O)C2C1. The fraction of sp³-hybridized carbons (Fsp3) is 0.400. The van der Waals surface area contributed by atoms with Gasteiger partial charge in [0, 0.05) is 5.69 Å². The van der Waals surface area contributed by atoms with E-state index in [0.29, 0.717) is 18.7 Å². The number of aromatic nitrogens is 1. The summed E-state index contributed by atoms with van der Waals surface area (Å²) in [7, 11) is 0. The maximum atomic E-state index is 12.4. The van der Waals surface area contributed by atoms with E-state index in [1.165, 1.54) is 10.5 Å². The van der Waals surface area contributed by atoms with Gasteiger partial charge in [-0.2, -0.15) is 0 Å². The molecular formula is C15H16N2O2. The molecule has 2 unspecified atom stereocenters. The Morgan fingerprint density at radius 1 is 1.16 bits per heavy atom. The second-order valence-electron chi connectivity index (χ2n) is 5.35. The van der Waals surface area contributed by atoms with E-state index in [-0.39, 0.29) is 23.7 Å². The number of carbonyl (C=O) groups excluding carboxylic acids is 2. The van der Waals surface area contributed by atoms with E-state index < -0.39 is 0 Å². The number of hydrogen-bond acceptors (Lipinski definition) is 3. The number of hydrogen-bond donors (Lipinski definition) is 0. The average molecular weight is 256 g/mol. The highest BCUT2D eigenvalue weighted by Crippen LogP contribution is 2.39. The molecule has 1 aliphatic heterocycles. The van der Waals surface area contributed by atoms with E-state index in [1.807, 2.05) is 26.0 Å². The smallest absolute Gasteiger partial charge is 0.239 e. The van der Waals surface area contributed by atoms with Crippen LogP contribution < -0.4 is 4.90 Å². The van der Waals surface area contributed by atoms with Crippen molar-refractivity contribution in [1.29, 1.82) is 0 Å². The van der Waals surface area contributed by atoms with Gasteiger partial charge < -0.3 is 0 Å². The van der Waals surface area contributed by atoms with Gasteiger partial charge in [-0.1, -0.05) is 17.7 Å². The Balaban J connectivity index is 1.97. The molecule has 4 nitrogen and oxygen atoms in total. The normalized spacial score (nSPS) is 26.4. The third-order valence-electron chi connectivity index (χ3n) is 3.93. The molecule has 1 aromatic heterocycles. The van der Waals surface area contributed by atoms with Crippen molar-refractivity contribution < 1.29 is 9.59 Å². The molecule has 2 heterocycles. The van der Waals surface area contributed by atoms with Crippen LogP contribution in [-0.4, -0.2) is 16.8 Å². The monoisotopic (exact) mass is 256 g/mol. The zero-order valence-electron chi connectivity index (χ0n) is 11.1. The molecule has 2 aliphatic rings. The topological polar surface area (TPSA) is 50.3 Å². The van der Waals surface area contributed by atoms with Gasteiger partial charge in [-0.3, -0.25) is 9.59 Å². The van der Waals surface area contributed by atoms with Crippen molar-refractivity contribution in [2.24, 2.45) is 11.8 Å². The van der Waals surface area contributed by atoms with E-state index in [1.54, 1.807) is 6.07 Å². The summed E-state index contributed by atoms with van der Waals surface area (Å²) in [6, 6.07) is 5.40. The fourth-order valence-corrected chi connectivity index (χ4v) is 2.92. The Bertz CT molecular complexity index is 592. The van der Waals surface area contributed by atoms with Gasteiger partial charge in [-0.15, -0.1) is 0 Å². The summed E-state index contributed by atoms with van der Waals surface area (Å²) in [6.45, 7) is 3.87. The van der Waals surface area contributed by atoms with Crippen LogP contribution in [0.25, 0.3) is 0 Å². The Labute approximate surface area is 112 Å². The third kappa shape index (κ3) is 1.87. The molecule has 0 spiro atoms. The maximum absolute atomic E-state index is 12.4. The molecule has 0 N–H and O–H groups in total. The van der Waals surface area contributed by atoms with Gasteiger partial charge in [0.25, 0.3) is 0 Å². The van der Waals surface area contributed by atoms with Crippen LogP contribution in [0.4, 0.5) is 5.82 Å². The molecule has 1 fully saturated rings. The largest absolute Gasteiger partial charge is 0.274 e. The summed E-state index contributed by atoms with van der Waals surface area (Å²) >= 11 is 0. The summed E-state index contributed by atoms with van der Waals surface area (Å²) < 4.78 is 0. The van der Waals surface area contributed by atoms with Crippen molar-refractivity contribution in [3.05, 3.63) is 35.5 Å². The van der Waals surface area contributed by atoms with Gasteiger partial charge in [0.1, 0.15) is 5.82 Å². The minimum atomic E-state index is -0.196. The summed E-state index contributed by atoms with van der Waals surface area (Å²) in [6.07, 6.45) is 3.43. The highest BCUT2D eigenvalue weighted by molar-refractivity contribution is 6.21. The van der Waals surface area contributed by atoms with Gasteiger partial charge in [-0.05, 0) is 38.8 Å². The summed E-state index contributed by atoms with van der Waals surface area (Å²) in [5.41, 5.74) is 2.00. The predicted molar refractivity (Wildman–Crippen MR) is 71.4 cm³/mol. The molecule has 1 aliphatic carbocycles. The molecule has 1 saturated heterocycles. The van der Waals surface area contributed by atoms with E-state index in [9.17, 15) is 9.59 Å². The number of aryl methyl sites for hydroxylation is 1. The first kappa shape index (κ1) is 12.1. The van der Waals surface area contributed by atoms with Gasteiger partial charge in [0.05, 0.1) is 11.8 Å². The number of rotatable bonds is 1. The molecule has 3 rings (SSSR count). The fourth-order valence-electron chi connectivity index (χ4n) is 2.92. The number of allylic oxidation sites excluding steroid dienone is 2. The first-order valence-corrected chi connectivity index (χ1v) is 6.55. The van der Waals surface area contributed by atoms with E-state index in [0.717, 1.165) is 5.69 Å². The van der Waals surface area contributed by atoms with Crippen molar-refractivity contribution in [2.75, 3.05) is 4.90 Å². The van der Waals surface area contributed by atoms with E-state index in [4.69, 9.17) is 0 Å². The molecule has 98 valence electrons. The quantitative estimate of drug-likeness (QED) is 0.572. The maximum Gasteiger partial charge on any atom is 0.239 e. The van der Waals surface area contributed by atoms with Crippen molar-refractivity contribution in [3.63, 3.8) is 0 Å². The zero-order valence-corrected chi connectivity index (χ0v) is 11.1. The lowest BCUT2D eigenvalue weighted by molar-refractivity contribution is -0.122. The Morgan fingerprint density at radius 3 is 2.63 bits per heavy atom. The summed E-state index contributed by atoms with van der Waals surface area (Å²) in [5, 5.41) is 0. The van der Waals surface area contributed by atoms with Crippen LogP contribution in [0.15, 0.2) is 29.8 Å². The second kappa shape index (κ2) is 4.30. The number of nitrogens with zero attached hydrogens (tertiary/aromatic N) is 2. The van der Waals surface area contributed by atoms with Gasteiger partial charge in [-0.25, -0.2) is 9.88 Å². The van der Waals surface area contributed by atoms with Crippen molar-refractivity contribution >= 4 is 17.6 Å². The Kier molecular flexibility index (Phi) is 2.73. The summed E-state index contributed by atoms with van der Waals surface area (Å²) in [4.78, 5) is 30.4. The molecule has 0 saturated carbocycles. The molecule has 1 aromatic rings. The van der Waals surface area contributed by atoms with Crippen LogP contribution in [0.3, 0.4) is 0 Å². The lowest BCUT2D eigenvalue weighted by Crippen LogP contribution is -2.31. The van der Waals surface area contributed by atoms with Crippen LogP contribution in [0, 0.1) is 18.8 Å². The van der Waals surface area contributed by atoms with Crippen molar-refractivity contribution in [1.82, 2.24) is 4.98 Å². The molecule has 19 heavy (non-hydrogen) atoms. The van der Waals surface area contributed by atoms with Crippen LogP contribution in [0.1, 0.15) is 25.5 Å².